The van der Waals surface area contributed by atoms with E-state index in [1.165, 1.54) is 0 Å². The smallest absolute Gasteiger partial charge is 0.162 e. The van der Waals surface area contributed by atoms with Crippen LogP contribution < -0.4 is 5.32 Å². The molecule has 9 nitrogen and oxygen atoms in total. The molecule has 0 unspecified atom stereocenters. The number of piperidine rings is 1. The molecule has 0 spiro atoms. The van der Waals surface area contributed by atoms with Crippen molar-refractivity contribution in [1.29, 1.82) is 0 Å². The summed E-state index contributed by atoms with van der Waals surface area (Å²) in [5.74, 6) is 2.25. The number of hydrogen-bond donors (Lipinski definition) is 1. The minimum atomic E-state index is 0.0547. The molecule has 1 aliphatic heterocycles. The van der Waals surface area contributed by atoms with Crippen LogP contribution in [0.1, 0.15) is 51.0 Å². The molecule has 1 saturated heterocycles. The van der Waals surface area contributed by atoms with Gasteiger partial charge in [-0.25, -0.2) is 14.6 Å². The van der Waals surface area contributed by atoms with Gasteiger partial charge in [0.2, 0.25) is 0 Å². The monoisotopic (exact) mass is 369 g/mol. The van der Waals surface area contributed by atoms with Crippen molar-refractivity contribution >= 4 is 0 Å². The molecular weight excluding hydrogens is 342 g/mol. The van der Waals surface area contributed by atoms with Gasteiger partial charge >= 0.3 is 0 Å². The van der Waals surface area contributed by atoms with Crippen LogP contribution in [0.3, 0.4) is 0 Å². The molecule has 9 heteroatoms. The topological polar surface area (TPSA) is 91.3 Å². The molecule has 3 aromatic rings. The molecule has 3 aromatic heterocycles. The molecule has 27 heavy (non-hydrogen) atoms. The average Bonchev–Trinajstić information content (AvgIpc) is 3.40. The van der Waals surface area contributed by atoms with E-state index in [9.17, 15) is 0 Å². The van der Waals surface area contributed by atoms with Crippen molar-refractivity contribution in [3.05, 3.63) is 30.7 Å². The number of nitrogens with zero attached hydrogens (tertiary/aromatic N) is 8. The zero-order chi connectivity index (χ0) is 18.8. The predicted octanol–water partition coefficient (Wildman–Crippen LogP) is 1.83. The fourth-order valence-electron chi connectivity index (χ4n) is 3.79. The summed E-state index contributed by atoms with van der Waals surface area (Å²) in [6, 6.07) is 0.458. The standard InChI is InChI=1S/C18H27N9/c1-13(2)10-16(18-21-12-22-25(18)3)26-9-8-20-17(26)15-11-27(24-23-15)14-4-6-19-7-5-14/h8-9,11-14,16,19H,4-7,10H2,1-3H3/t16-/m0/s1. The van der Waals surface area contributed by atoms with Crippen LogP contribution in [-0.2, 0) is 7.05 Å². The fraction of sp³-hybridized carbons (Fsp3) is 0.611. The van der Waals surface area contributed by atoms with Crippen molar-refractivity contribution in [3.8, 4) is 11.5 Å². The van der Waals surface area contributed by atoms with Gasteiger partial charge in [0.1, 0.15) is 17.8 Å². The second-order valence-electron chi connectivity index (χ2n) is 7.61. The molecule has 0 bridgehead atoms. The van der Waals surface area contributed by atoms with Crippen LogP contribution in [0, 0.1) is 5.92 Å². The van der Waals surface area contributed by atoms with Crippen LogP contribution in [0.4, 0.5) is 0 Å². The first-order valence-electron chi connectivity index (χ1n) is 9.63. The Labute approximate surface area is 158 Å². The van der Waals surface area contributed by atoms with Crippen molar-refractivity contribution < 1.29 is 0 Å². The maximum atomic E-state index is 4.59. The number of hydrogen-bond acceptors (Lipinski definition) is 6. The molecule has 0 saturated carbocycles. The Hall–Kier alpha value is -2.55. The van der Waals surface area contributed by atoms with E-state index < -0.39 is 0 Å². The normalized spacial score (nSPS) is 16.9. The first kappa shape index (κ1) is 17.8. The van der Waals surface area contributed by atoms with E-state index in [0.717, 1.165) is 49.7 Å². The number of imidazole rings is 1. The lowest BCUT2D eigenvalue weighted by Crippen LogP contribution is -2.29. The third-order valence-electron chi connectivity index (χ3n) is 5.17. The molecule has 0 aliphatic carbocycles. The summed E-state index contributed by atoms with van der Waals surface area (Å²) in [6.07, 6.45) is 10.5. The molecule has 1 atom stereocenters. The van der Waals surface area contributed by atoms with Gasteiger partial charge < -0.3 is 9.88 Å². The summed E-state index contributed by atoms with van der Waals surface area (Å²) < 4.78 is 5.98. The molecule has 1 fully saturated rings. The van der Waals surface area contributed by atoms with Crippen molar-refractivity contribution in [2.75, 3.05) is 13.1 Å². The van der Waals surface area contributed by atoms with Gasteiger partial charge in [0.15, 0.2) is 5.82 Å². The van der Waals surface area contributed by atoms with Crippen molar-refractivity contribution in [1.82, 2.24) is 44.6 Å². The van der Waals surface area contributed by atoms with E-state index in [0.29, 0.717) is 12.0 Å². The maximum absolute atomic E-state index is 4.59. The van der Waals surface area contributed by atoms with Crippen LogP contribution in [-0.4, -0.2) is 52.4 Å². The van der Waals surface area contributed by atoms with Crippen LogP contribution in [0.25, 0.3) is 11.5 Å². The highest BCUT2D eigenvalue weighted by Gasteiger charge is 2.25. The van der Waals surface area contributed by atoms with Gasteiger partial charge in [-0.1, -0.05) is 19.1 Å². The highest BCUT2D eigenvalue weighted by Crippen LogP contribution is 2.29. The maximum Gasteiger partial charge on any atom is 0.162 e. The Morgan fingerprint density at radius 2 is 2.04 bits per heavy atom. The average molecular weight is 369 g/mol. The van der Waals surface area contributed by atoms with E-state index in [1.54, 1.807) is 6.33 Å². The molecule has 0 aromatic carbocycles. The second-order valence-corrected chi connectivity index (χ2v) is 7.61. The van der Waals surface area contributed by atoms with E-state index in [2.05, 4.69) is 49.1 Å². The predicted molar refractivity (Wildman–Crippen MR) is 101 cm³/mol. The quantitative estimate of drug-likeness (QED) is 0.713. The van der Waals surface area contributed by atoms with Gasteiger partial charge in [0.05, 0.1) is 18.3 Å². The Morgan fingerprint density at radius 3 is 2.74 bits per heavy atom. The molecule has 1 N–H and O–H groups in total. The van der Waals surface area contributed by atoms with E-state index in [-0.39, 0.29) is 6.04 Å². The zero-order valence-corrected chi connectivity index (χ0v) is 16.2. The Bertz CT molecular complexity index is 869. The molecular formula is C18H27N9. The minimum Gasteiger partial charge on any atom is -0.319 e. The summed E-state index contributed by atoms with van der Waals surface area (Å²) in [7, 11) is 1.93. The summed E-state index contributed by atoms with van der Waals surface area (Å²) in [6.45, 7) is 6.48. The number of aromatic nitrogens is 8. The van der Waals surface area contributed by atoms with Crippen LogP contribution in [0.2, 0.25) is 0 Å². The first-order valence-corrected chi connectivity index (χ1v) is 9.63. The lowest BCUT2D eigenvalue weighted by Gasteiger charge is -2.22. The molecule has 1 aliphatic rings. The summed E-state index contributed by atoms with van der Waals surface area (Å²) in [5, 5.41) is 16.5. The second kappa shape index (κ2) is 7.59. The summed E-state index contributed by atoms with van der Waals surface area (Å²) in [5.41, 5.74) is 0.800. The largest absolute Gasteiger partial charge is 0.319 e. The van der Waals surface area contributed by atoms with Crippen molar-refractivity contribution in [2.45, 2.75) is 45.2 Å². The van der Waals surface area contributed by atoms with Crippen molar-refractivity contribution in [2.24, 2.45) is 13.0 Å². The van der Waals surface area contributed by atoms with Crippen LogP contribution in [0.5, 0.6) is 0 Å². The van der Waals surface area contributed by atoms with E-state index in [4.69, 9.17) is 0 Å². The Balaban J connectivity index is 1.67. The van der Waals surface area contributed by atoms with Crippen LogP contribution >= 0.6 is 0 Å². The molecule has 0 radical (unpaired) electrons. The molecule has 144 valence electrons. The summed E-state index contributed by atoms with van der Waals surface area (Å²) in [4.78, 5) is 9.08. The summed E-state index contributed by atoms with van der Waals surface area (Å²) >= 11 is 0. The first-order chi connectivity index (χ1) is 13.1. The lowest BCUT2D eigenvalue weighted by molar-refractivity contribution is 0.337. The van der Waals surface area contributed by atoms with Gasteiger partial charge in [-0.15, -0.1) is 5.10 Å². The molecule has 4 rings (SSSR count). The fourth-order valence-corrected chi connectivity index (χ4v) is 3.79. The number of aryl methyl sites for hydroxylation is 1. The van der Waals surface area contributed by atoms with E-state index >= 15 is 0 Å². The SMILES string of the molecule is CC(C)C[C@@H](c1ncnn1C)n1ccnc1-c1cn(C2CCNCC2)nn1. The van der Waals surface area contributed by atoms with Gasteiger partial charge in [0, 0.05) is 19.4 Å². The van der Waals surface area contributed by atoms with E-state index in [1.807, 2.05) is 35.0 Å². The highest BCUT2D eigenvalue weighted by molar-refractivity contribution is 5.48. The van der Waals surface area contributed by atoms with Gasteiger partial charge in [-0.3, -0.25) is 4.68 Å². The van der Waals surface area contributed by atoms with Gasteiger partial charge in [0.25, 0.3) is 0 Å². The third kappa shape index (κ3) is 3.64. The molecule has 0 amide bonds. The highest BCUT2D eigenvalue weighted by atomic mass is 15.4. The van der Waals surface area contributed by atoms with Crippen LogP contribution in [0.15, 0.2) is 24.9 Å². The lowest BCUT2D eigenvalue weighted by atomic mass is 10.0. The minimum absolute atomic E-state index is 0.0547. The zero-order valence-electron chi connectivity index (χ0n) is 16.2. The Morgan fingerprint density at radius 1 is 1.22 bits per heavy atom. The molecule has 4 heterocycles. The number of rotatable bonds is 6. The van der Waals surface area contributed by atoms with Gasteiger partial charge in [-0.05, 0) is 38.3 Å². The van der Waals surface area contributed by atoms with Crippen molar-refractivity contribution in [3.63, 3.8) is 0 Å². The third-order valence-corrected chi connectivity index (χ3v) is 5.17. The number of nitrogens with one attached hydrogen (secondary N) is 1. The van der Waals surface area contributed by atoms with Gasteiger partial charge in [-0.2, -0.15) is 5.10 Å². The Kier molecular flexibility index (Phi) is 5.02.